The predicted octanol–water partition coefficient (Wildman–Crippen LogP) is 0.523. The molecule has 16 heavy (non-hydrogen) atoms. The minimum absolute atomic E-state index is 0.194. The Hall–Kier alpha value is -1.43. The third-order valence-corrected chi connectivity index (χ3v) is 1.96. The lowest BCUT2D eigenvalue weighted by Crippen LogP contribution is -2.28. The number of nitrogens with one attached hydrogen (secondary N) is 2. The summed E-state index contributed by atoms with van der Waals surface area (Å²) >= 11 is 0. The maximum absolute atomic E-state index is 11.5. The van der Waals surface area contributed by atoms with E-state index in [9.17, 15) is 4.79 Å². The molecule has 1 heterocycles. The Bertz CT molecular complexity index is 324. The second-order valence-corrected chi connectivity index (χ2v) is 3.31. The highest BCUT2D eigenvalue weighted by Crippen LogP contribution is 1.96. The lowest BCUT2D eigenvalue weighted by atomic mass is 10.3. The fourth-order valence-corrected chi connectivity index (χ4v) is 1.21. The number of carbonyl (C=O) groups is 1. The molecule has 0 saturated heterocycles. The number of H-pyrrole nitrogens is 1. The molecule has 1 amide bonds. The fraction of sp³-hybridized carbons (Fsp3) is 0.700. The van der Waals surface area contributed by atoms with E-state index in [0.717, 1.165) is 18.7 Å². The lowest BCUT2D eigenvalue weighted by Gasteiger charge is -2.01. The van der Waals surface area contributed by atoms with Crippen molar-refractivity contribution in [3.8, 4) is 0 Å². The van der Waals surface area contributed by atoms with E-state index in [1.165, 1.54) is 0 Å². The number of aromatic amines is 1. The monoisotopic (exact) mass is 226 g/mol. The molecule has 6 heteroatoms. The Morgan fingerprint density at radius 2 is 2.31 bits per heavy atom. The molecule has 0 unspecified atom stereocenters. The average molecular weight is 226 g/mol. The first-order chi connectivity index (χ1) is 7.77. The second kappa shape index (κ2) is 6.95. The first kappa shape index (κ1) is 12.6. The van der Waals surface area contributed by atoms with E-state index in [0.29, 0.717) is 19.8 Å². The molecule has 0 aliphatic rings. The van der Waals surface area contributed by atoms with E-state index >= 15 is 0 Å². The number of aryl methyl sites for hydroxylation is 1. The number of nitrogens with zero attached hydrogens (tertiary/aromatic N) is 2. The summed E-state index contributed by atoms with van der Waals surface area (Å²) in [6, 6.07) is 0. The van der Waals surface area contributed by atoms with Gasteiger partial charge in [0, 0.05) is 19.6 Å². The van der Waals surface area contributed by atoms with E-state index in [2.05, 4.69) is 20.5 Å². The standard InChI is InChI=1S/C10H18N4O2/c1-3-5-8-12-9(14-13-8)10(15)11-6-7-16-4-2/h3-7H2,1-2H3,(H,11,15)(H,12,13,14). The minimum atomic E-state index is -0.265. The van der Waals surface area contributed by atoms with Crippen molar-refractivity contribution in [3.63, 3.8) is 0 Å². The summed E-state index contributed by atoms with van der Waals surface area (Å²) in [5.74, 6) is 0.677. The number of ether oxygens (including phenoxy) is 1. The summed E-state index contributed by atoms with van der Waals surface area (Å²) in [4.78, 5) is 15.6. The summed E-state index contributed by atoms with van der Waals surface area (Å²) < 4.78 is 5.10. The van der Waals surface area contributed by atoms with Crippen LogP contribution in [0.1, 0.15) is 36.7 Å². The van der Waals surface area contributed by atoms with Gasteiger partial charge in [0.05, 0.1) is 6.61 Å². The van der Waals surface area contributed by atoms with Crippen molar-refractivity contribution in [2.24, 2.45) is 0 Å². The zero-order valence-electron chi connectivity index (χ0n) is 9.75. The molecular weight excluding hydrogens is 208 g/mol. The molecule has 1 aromatic heterocycles. The third-order valence-electron chi connectivity index (χ3n) is 1.96. The highest BCUT2D eigenvalue weighted by Gasteiger charge is 2.10. The third kappa shape index (κ3) is 3.98. The van der Waals surface area contributed by atoms with Crippen molar-refractivity contribution in [2.75, 3.05) is 19.8 Å². The van der Waals surface area contributed by atoms with Crippen molar-refractivity contribution in [2.45, 2.75) is 26.7 Å². The second-order valence-electron chi connectivity index (χ2n) is 3.31. The van der Waals surface area contributed by atoms with E-state index in [1.54, 1.807) is 0 Å². The fourth-order valence-electron chi connectivity index (χ4n) is 1.21. The Morgan fingerprint density at radius 3 is 3.00 bits per heavy atom. The van der Waals surface area contributed by atoms with Gasteiger partial charge < -0.3 is 10.1 Å². The predicted molar refractivity (Wildman–Crippen MR) is 59.2 cm³/mol. The Kier molecular flexibility index (Phi) is 5.49. The van der Waals surface area contributed by atoms with Crippen LogP contribution in [0.5, 0.6) is 0 Å². The van der Waals surface area contributed by atoms with Gasteiger partial charge in [-0.1, -0.05) is 6.92 Å². The summed E-state index contributed by atoms with van der Waals surface area (Å²) in [5.41, 5.74) is 0. The van der Waals surface area contributed by atoms with Gasteiger partial charge in [-0.15, -0.1) is 5.10 Å². The maximum atomic E-state index is 11.5. The molecular formula is C10H18N4O2. The van der Waals surface area contributed by atoms with Crippen molar-refractivity contribution in [3.05, 3.63) is 11.6 Å². The van der Waals surface area contributed by atoms with E-state index in [1.807, 2.05) is 13.8 Å². The molecule has 0 aromatic carbocycles. The smallest absolute Gasteiger partial charge is 0.291 e. The van der Waals surface area contributed by atoms with E-state index in [-0.39, 0.29) is 11.7 Å². The summed E-state index contributed by atoms with van der Waals surface area (Å²) in [6.07, 6.45) is 1.78. The van der Waals surface area contributed by atoms with Gasteiger partial charge in [-0.3, -0.25) is 9.89 Å². The number of carbonyl (C=O) groups excluding carboxylic acids is 1. The molecule has 0 fully saturated rings. The number of aromatic nitrogens is 3. The maximum Gasteiger partial charge on any atom is 0.291 e. The largest absolute Gasteiger partial charge is 0.380 e. The molecule has 2 N–H and O–H groups in total. The van der Waals surface area contributed by atoms with Gasteiger partial charge in [0.15, 0.2) is 0 Å². The number of hydrogen-bond acceptors (Lipinski definition) is 4. The van der Waals surface area contributed by atoms with Crippen LogP contribution in [0.25, 0.3) is 0 Å². The lowest BCUT2D eigenvalue weighted by molar-refractivity contribution is 0.0913. The number of hydrogen-bond donors (Lipinski definition) is 2. The van der Waals surface area contributed by atoms with Gasteiger partial charge >= 0.3 is 0 Å². The summed E-state index contributed by atoms with van der Waals surface area (Å²) in [7, 11) is 0. The Labute approximate surface area is 94.8 Å². The first-order valence-electron chi connectivity index (χ1n) is 5.55. The normalized spacial score (nSPS) is 10.4. The van der Waals surface area contributed by atoms with Crippen LogP contribution >= 0.6 is 0 Å². The van der Waals surface area contributed by atoms with Gasteiger partial charge in [0.2, 0.25) is 5.82 Å². The number of amides is 1. The highest BCUT2D eigenvalue weighted by molar-refractivity contribution is 5.90. The van der Waals surface area contributed by atoms with Crippen molar-refractivity contribution >= 4 is 5.91 Å². The zero-order valence-corrected chi connectivity index (χ0v) is 9.75. The molecule has 0 spiro atoms. The molecule has 6 nitrogen and oxygen atoms in total. The van der Waals surface area contributed by atoms with Gasteiger partial charge in [-0.2, -0.15) is 0 Å². The Balaban J connectivity index is 2.34. The van der Waals surface area contributed by atoms with Crippen molar-refractivity contribution in [1.82, 2.24) is 20.5 Å². The van der Waals surface area contributed by atoms with Crippen LogP contribution in [0.15, 0.2) is 0 Å². The van der Waals surface area contributed by atoms with Crippen LogP contribution < -0.4 is 5.32 Å². The first-order valence-corrected chi connectivity index (χ1v) is 5.55. The van der Waals surface area contributed by atoms with Crippen molar-refractivity contribution in [1.29, 1.82) is 0 Å². The summed E-state index contributed by atoms with van der Waals surface area (Å²) in [6.45, 7) is 5.59. The molecule has 0 aliphatic carbocycles. The van der Waals surface area contributed by atoms with Gasteiger partial charge in [0.25, 0.3) is 5.91 Å². The molecule has 0 radical (unpaired) electrons. The molecule has 0 saturated carbocycles. The van der Waals surface area contributed by atoms with Gasteiger partial charge in [0.1, 0.15) is 5.82 Å². The van der Waals surface area contributed by atoms with E-state index in [4.69, 9.17) is 4.74 Å². The highest BCUT2D eigenvalue weighted by atomic mass is 16.5. The number of rotatable bonds is 7. The zero-order chi connectivity index (χ0) is 11.8. The molecule has 0 bridgehead atoms. The molecule has 0 aliphatic heterocycles. The van der Waals surface area contributed by atoms with Gasteiger partial charge in [-0.05, 0) is 13.3 Å². The minimum Gasteiger partial charge on any atom is -0.380 e. The quantitative estimate of drug-likeness (QED) is 0.664. The topological polar surface area (TPSA) is 79.9 Å². The average Bonchev–Trinajstić information content (AvgIpc) is 2.73. The van der Waals surface area contributed by atoms with Crippen LogP contribution in [-0.4, -0.2) is 40.8 Å². The molecule has 0 atom stereocenters. The van der Waals surface area contributed by atoms with Gasteiger partial charge in [-0.25, -0.2) is 4.98 Å². The van der Waals surface area contributed by atoms with E-state index < -0.39 is 0 Å². The van der Waals surface area contributed by atoms with Crippen molar-refractivity contribution < 1.29 is 9.53 Å². The van der Waals surface area contributed by atoms with Crippen LogP contribution in [0.4, 0.5) is 0 Å². The Morgan fingerprint density at radius 1 is 1.50 bits per heavy atom. The van der Waals surface area contributed by atoms with Crippen LogP contribution in [0, 0.1) is 0 Å². The van der Waals surface area contributed by atoms with Crippen LogP contribution in [0.2, 0.25) is 0 Å². The SMILES string of the molecule is CCCc1nc(C(=O)NCCOCC)n[nH]1. The van der Waals surface area contributed by atoms with Crippen LogP contribution in [-0.2, 0) is 11.2 Å². The molecule has 1 rings (SSSR count). The molecule has 1 aromatic rings. The van der Waals surface area contributed by atoms with Crippen LogP contribution in [0.3, 0.4) is 0 Å². The summed E-state index contributed by atoms with van der Waals surface area (Å²) in [5, 5.41) is 9.26. The molecule has 90 valence electrons.